The fourth-order valence-corrected chi connectivity index (χ4v) is 2.07. The molecule has 2 heteroatoms. The Bertz CT molecular complexity index is 331. The van der Waals surface area contributed by atoms with Crippen molar-refractivity contribution in [2.45, 2.75) is 32.2 Å². The van der Waals surface area contributed by atoms with Crippen molar-refractivity contribution in [1.82, 2.24) is 0 Å². The van der Waals surface area contributed by atoms with Gasteiger partial charge in [0.15, 0.2) is 0 Å². The van der Waals surface area contributed by atoms with Gasteiger partial charge in [-0.2, -0.15) is 0 Å². The molecule has 1 aliphatic rings. The molecule has 0 unspecified atom stereocenters. The molecule has 0 saturated heterocycles. The van der Waals surface area contributed by atoms with E-state index in [0.717, 1.165) is 13.0 Å². The minimum atomic E-state index is 0.268. The smallest absolute Gasteiger partial charge is 0.0409 e. The van der Waals surface area contributed by atoms with Gasteiger partial charge in [0.2, 0.25) is 0 Å². The van der Waals surface area contributed by atoms with Crippen molar-refractivity contribution < 1.29 is 0 Å². The molecule has 14 heavy (non-hydrogen) atoms. The largest absolute Gasteiger partial charge is 0.383 e. The van der Waals surface area contributed by atoms with Gasteiger partial charge in [-0.25, -0.2) is 0 Å². The first-order valence-electron chi connectivity index (χ1n) is 5.29. The fourth-order valence-electron chi connectivity index (χ4n) is 2.07. The van der Waals surface area contributed by atoms with Crippen LogP contribution in [0.2, 0.25) is 0 Å². The lowest BCUT2D eigenvalue weighted by atomic mass is 9.92. The third kappa shape index (κ3) is 1.62. The Morgan fingerprint density at radius 2 is 2.21 bits per heavy atom. The third-order valence-corrected chi connectivity index (χ3v) is 2.83. The van der Waals surface area contributed by atoms with Gasteiger partial charge in [0.1, 0.15) is 0 Å². The summed E-state index contributed by atoms with van der Waals surface area (Å²) in [7, 11) is 0. The highest BCUT2D eigenvalue weighted by molar-refractivity contribution is 5.60. The maximum absolute atomic E-state index is 5.91. The Hall–Kier alpha value is -1.02. The van der Waals surface area contributed by atoms with E-state index in [1.165, 1.54) is 16.8 Å². The summed E-state index contributed by atoms with van der Waals surface area (Å²) >= 11 is 0. The Morgan fingerprint density at radius 3 is 2.93 bits per heavy atom. The van der Waals surface area contributed by atoms with Gasteiger partial charge in [0, 0.05) is 18.3 Å². The highest BCUT2D eigenvalue weighted by Gasteiger charge is 2.18. The quantitative estimate of drug-likeness (QED) is 0.711. The first kappa shape index (κ1) is 9.53. The SMILES string of the molecule is CC(C)c1cccc2c1NC[C@H](N)C2. The number of fused-ring (bicyclic) bond motifs is 1. The molecule has 1 aromatic carbocycles. The van der Waals surface area contributed by atoms with Gasteiger partial charge >= 0.3 is 0 Å². The first-order valence-corrected chi connectivity index (χ1v) is 5.29. The van der Waals surface area contributed by atoms with E-state index in [9.17, 15) is 0 Å². The van der Waals surface area contributed by atoms with Crippen LogP contribution in [0.5, 0.6) is 0 Å². The Labute approximate surface area is 85.5 Å². The predicted octanol–water partition coefficient (Wildman–Crippen LogP) is 2.11. The van der Waals surface area contributed by atoms with E-state index in [-0.39, 0.29) is 6.04 Å². The second-order valence-electron chi connectivity index (χ2n) is 4.38. The zero-order chi connectivity index (χ0) is 10.1. The maximum atomic E-state index is 5.91. The van der Waals surface area contributed by atoms with Gasteiger partial charge in [-0.05, 0) is 23.5 Å². The van der Waals surface area contributed by atoms with Crippen LogP contribution in [-0.4, -0.2) is 12.6 Å². The summed E-state index contributed by atoms with van der Waals surface area (Å²) in [5.41, 5.74) is 10.0. The molecule has 1 aromatic rings. The van der Waals surface area contributed by atoms with Crippen LogP contribution >= 0.6 is 0 Å². The van der Waals surface area contributed by atoms with Crippen molar-refractivity contribution in [1.29, 1.82) is 0 Å². The first-order chi connectivity index (χ1) is 6.68. The van der Waals surface area contributed by atoms with E-state index in [1.54, 1.807) is 0 Å². The lowest BCUT2D eigenvalue weighted by Crippen LogP contribution is -2.35. The predicted molar refractivity (Wildman–Crippen MR) is 60.7 cm³/mol. The van der Waals surface area contributed by atoms with Crippen molar-refractivity contribution in [3.63, 3.8) is 0 Å². The monoisotopic (exact) mass is 190 g/mol. The molecular weight excluding hydrogens is 172 g/mol. The van der Waals surface area contributed by atoms with Crippen LogP contribution in [0.1, 0.15) is 30.9 Å². The zero-order valence-electron chi connectivity index (χ0n) is 8.88. The summed E-state index contributed by atoms with van der Waals surface area (Å²) in [5, 5.41) is 3.44. The number of nitrogens with one attached hydrogen (secondary N) is 1. The molecule has 1 aliphatic heterocycles. The average Bonchev–Trinajstić information content (AvgIpc) is 2.16. The van der Waals surface area contributed by atoms with Gasteiger partial charge in [0.25, 0.3) is 0 Å². The van der Waals surface area contributed by atoms with Crippen LogP contribution in [0, 0.1) is 0 Å². The molecule has 2 nitrogen and oxygen atoms in total. The summed E-state index contributed by atoms with van der Waals surface area (Å²) in [5.74, 6) is 0.576. The lowest BCUT2D eigenvalue weighted by molar-refractivity contribution is 0.675. The normalized spacial score (nSPS) is 20.4. The van der Waals surface area contributed by atoms with Crippen molar-refractivity contribution >= 4 is 5.69 Å². The maximum Gasteiger partial charge on any atom is 0.0409 e. The molecule has 1 atom stereocenters. The Balaban J connectivity index is 2.41. The molecule has 0 aliphatic carbocycles. The van der Waals surface area contributed by atoms with Crippen molar-refractivity contribution in [3.05, 3.63) is 29.3 Å². The topological polar surface area (TPSA) is 38.0 Å². The second kappa shape index (κ2) is 3.62. The highest BCUT2D eigenvalue weighted by Crippen LogP contribution is 2.30. The standard InChI is InChI=1S/C12H18N2/c1-8(2)11-5-3-4-9-6-10(13)7-14-12(9)11/h3-5,8,10,14H,6-7,13H2,1-2H3/t10-/m1/s1. The average molecular weight is 190 g/mol. The van der Waals surface area contributed by atoms with Crippen LogP contribution in [-0.2, 0) is 6.42 Å². The molecule has 0 radical (unpaired) electrons. The molecule has 0 bridgehead atoms. The minimum absolute atomic E-state index is 0.268. The van der Waals surface area contributed by atoms with E-state index in [2.05, 4.69) is 37.4 Å². The molecule has 0 aromatic heterocycles. The van der Waals surface area contributed by atoms with Crippen LogP contribution in [0.4, 0.5) is 5.69 Å². The van der Waals surface area contributed by atoms with Crippen molar-refractivity contribution in [2.75, 3.05) is 11.9 Å². The number of para-hydroxylation sites is 1. The number of hydrogen-bond donors (Lipinski definition) is 2. The van der Waals surface area contributed by atoms with E-state index < -0.39 is 0 Å². The van der Waals surface area contributed by atoms with Crippen LogP contribution in [0.3, 0.4) is 0 Å². The van der Waals surface area contributed by atoms with Crippen LogP contribution < -0.4 is 11.1 Å². The van der Waals surface area contributed by atoms with Gasteiger partial charge in [-0.3, -0.25) is 0 Å². The molecular formula is C12H18N2. The van der Waals surface area contributed by atoms with E-state index in [4.69, 9.17) is 5.73 Å². The second-order valence-corrected chi connectivity index (χ2v) is 4.38. The Morgan fingerprint density at radius 1 is 1.43 bits per heavy atom. The number of rotatable bonds is 1. The van der Waals surface area contributed by atoms with Crippen molar-refractivity contribution in [2.24, 2.45) is 5.73 Å². The molecule has 3 N–H and O–H groups in total. The molecule has 0 spiro atoms. The molecule has 2 rings (SSSR count). The zero-order valence-corrected chi connectivity index (χ0v) is 8.88. The fraction of sp³-hybridized carbons (Fsp3) is 0.500. The van der Waals surface area contributed by atoms with E-state index in [0.29, 0.717) is 5.92 Å². The summed E-state index contributed by atoms with van der Waals surface area (Å²) in [4.78, 5) is 0. The van der Waals surface area contributed by atoms with Crippen LogP contribution in [0.25, 0.3) is 0 Å². The number of nitrogens with two attached hydrogens (primary N) is 1. The van der Waals surface area contributed by atoms with Gasteiger partial charge in [-0.15, -0.1) is 0 Å². The minimum Gasteiger partial charge on any atom is -0.383 e. The molecule has 0 amide bonds. The molecule has 76 valence electrons. The van der Waals surface area contributed by atoms with Gasteiger partial charge < -0.3 is 11.1 Å². The molecule has 0 saturated carbocycles. The summed E-state index contributed by atoms with van der Waals surface area (Å²) < 4.78 is 0. The summed E-state index contributed by atoms with van der Waals surface area (Å²) in [6.45, 7) is 5.36. The van der Waals surface area contributed by atoms with E-state index >= 15 is 0 Å². The third-order valence-electron chi connectivity index (χ3n) is 2.83. The van der Waals surface area contributed by atoms with Gasteiger partial charge in [-0.1, -0.05) is 32.0 Å². The molecule has 0 fully saturated rings. The highest BCUT2D eigenvalue weighted by atomic mass is 14.9. The van der Waals surface area contributed by atoms with Crippen LogP contribution in [0.15, 0.2) is 18.2 Å². The Kier molecular flexibility index (Phi) is 2.46. The number of benzene rings is 1. The number of hydrogen-bond acceptors (Lipinski definition) is 2. The van der Waals surface area contributed by atoms with E-state index in [1.807, 2.05) is 0 Å². The summed E-state index contributed by atoms with van der Waals surface area (Å²) in [6, 6.07) is 6.78. The number of anilines is 1. The summed E-state index contributed by atoms with van der Waals surface area (Å²) in [6.07, 6.45) is 1.00. The van der Waals surface area contributed by atoms with Crippen molar-refractivity contribution in [3.8, 4) is 0 Å². The molecule has 1 heterocycles. The van der Waals surface area contributed by atoms with Gasteiger partial charge in [0.05, 0.1) is 0 Å². The lowest BCUT2D eigenvalue weighted by Gasteiger charge is -2.26.